The molecule has 0 saturated carbocycles. The molecular weight excluding hydrogens is 318 g/mol. The van der Waals surface area contributed by atoms with Crippen LogP contribution < -0.4 is 4.90 Å². The average Bonchev–Trinajstić information content (AvgIpc) is 2.65. The zero-order chi connectivity index (χ0) is 18.7. The van der Waals surface area contributed by atoms with Crippen LogP contribution in [0.4, 0.5) is 17.1 Å². The highest BCUT2D eigenvalue weighted by molar-refractivity contribution is 5.76. The summed E-state index contributed by atoms with van der Waals surface area (Å²) in [7, 11) is 0. The summed E-state index contributed by atoms with van der Waals surface area (Å²) in [5.41, 5.74) is 6.77. The van der Waals surface area contributed by atoms with Crippen LogP contribution in [0.5, 0.6) is 0 Å². The monoisotopic (exact) mass is 345 g/mol. The first-order valence-corrected chi connectivity index (χ1v) is 9.17. The Bertz CT molecular complexity index is 787. The summed E-state index contributed by atoms with van der Waals surface area (Å²) >= 11 is 0. The van der Waals surface area contributed by atoms with Crippen LogP contribution in [0.2, 0.25) is 0 Å². The SMILES string of the molecule is Cc1ccc(N(c2ccc(C)cc2)c2ccc(C(O)C(C)C)cc2)cc1. The molecule has 26 heavy (non-hydrogen) atoms. The molecule has 0 aromatic heterocycles. The van der Waals surface area contributed by atoms with Crippen LogP contribution in [0.1, 0.15) is 36.6 Å². The lowest BCUT2D eigenvalue weighted by Crippen LogP contribution is -2.11. The molecule has 3 aromatic rings. The lowest BCUT2D eigenvalue weighted by atomic mass is 9.99. The summed E-state index contributed by atoms with van der Waals surface area (Å²) in [6, 6.07) is 25.3. The molecule has 0 saturated heterocycles. The van der Waals surface area contributed by atoms with E-state index in [2.05, 4.69) is 79.4 Å². The van der Waals surface area contributed by atoms with Crippen LogP contribution in [0.3, 0.4) is 0 Å². The van der Waals surface area contributed by atoms with E-state index in [1.807, 2.05) is 26.0 Å². The summed E-state index contributed by atoms with van der Waals surface area (Å²) in [5.74, 6) is 0.200. The van der Waals surface area contributed by atoms with Crippen molar-refractivity contribution in [2.45, 2.75) is 33.8 Å². The van der Waals surface area contributed by atoms with Gasteiger partial charge in [-0.3, -0.25) is 0 Å². The Labute approximate surface area is 156 Å². The molecule has 0 aliphatic heterocycles. The number of anilines is 3. The number of nitrogens with zero attached hydrogens (tertiary/aromatic N) is 1. The van der Waals surface area contributed by atoms with Gasteiger partial charge in [0.25, 0.3) is 0 Å². The Morgan fingerprint density at radius 2 is 0.962 bits per heavy atom. The van der Waals surface area contributed by atoms with Crippen molar-refractivity contribution in [3.63, 3.8) is 0 Å². The van der Waals surface area contributed by atoms with E-state index in [4.69, 9.17) is 0 Å². The number of hydrogen-bond donors (Lipinski definition) is 1. The molecule has 2 nitrogen and oxygen atoms in total. The first kappa shape index (κ1) is 18.2. The smallest absolute Gasteiger partial charge is 0.0812 e. The van der Waals surface area contributed by atoms with E-state index in [0.717, 1.165) is 22.6 Å². The fourth-order valence-electron chi connectivity index (χ4n) is 3.04. The van der Waals surface area contributed by atoms with Gasteiger partial charge in [0.15, 0.2) is 0 Å². The largest absolute Gasteiger partial charge is 0.388 e. The standard InChI is InChI=1S/C24H27NO/c1-17(2)24(26)20-9-15-23(16-10-20)25(21-11-5-18(3)6-12-21)22-13-7-19(4)8-14-22/h5-17,24,26H,1-4H3. The summed E-state index contributed by atoms with van der Waals surface area (Å²) in [5, 5.41) is 10.3. The second-order valence-corrected chi connectivity index (χ2v) is 7.29. The highest BCUT2D eigenvalue weighted by atomic mass is 16.3. The van der Waals surface area contributed by atoms with Crippen molar-refractivity contribution in [3.8, 4) is 0 Å². The maximum absolute atomic E-state index is 10.3. The first-order valence-electron chi connectivity index (χ1n) is 9.17. The number of aliphatic hydroxyl groups is 1. The summed E-state index contributed by atoms with van der Waals surface area (Å²) in [4.78, 5) is 2.24. The minimum atomic E-state index is -0.434. The van der Waals surface area contributed by atoms with Gasteiger partial charge < -0.3 is 10.0 Å². The van der Waals surface area contributed by atoms with E-state index < -0.39 is 6.10 Å². The fraction of sp³-hybridized carbons (Fsp3) is 0.250. The molecule has 1 unspecified atom stereocenters. The molecule has 2 heteroatoms. The second-order valence-electron chi connectivity index (χ2n) is 7.29. The molecule has 0 heterocycles. The van der Waals surface area contributed by atoms with Crippen molar-refractivity contribution < 1.29 is 5.11 Å². The maximum Gasteiger partial charge on any atom is 0.0812 e. The lowest BCUT2D eigenvalue weighted by Gasteiger charge is -2.26. The Balaban J connectivity index is 2.03. The third kappa shape index (κ3) is 3.97. The topological polar surface area (TPSA) is 23.5 Å². The molecule has 0 radical (unpaired) electrons. The van der Waals surface area contributed by atoms with Crippen LogP contribution in [0, 0.1) is 19.8 Å². The second kappa shape index (κ2) is 7.76. The van der Waals surface area contributed by atoms with Crippen molar-refractivity contribution in [3.05, 3.63) is 89.5 Å². The number of rotatable bonds is 5. The molecule has 0 fully saturated rings. The van der Waals surface area contributed by atoms with Crippen LogP contribution in [-0.2, 0) is 0 Å². The van der Waals surface area contributed by atoms with Gasteiger partial charge in [-0.15, -0.1) is 0 Å². The van der Waals surface area contributed by atoms with Gasteiger partial charge in [0.05, 0.1) is 6.10 Å². The molecule has 134 valence electrons. The minimum Gasteiger partial charge on any atom is -0.388 e. The van der Waals surface area contributed by atoms with Crippen LogP contribution in [-0.4, -0.2) is 5.11 Å². The molecule has 0 bridgehead atoms. The quantitative estimate of drug-likeness (QED) is 0.573. The predicted octanol–water partition coefficient (Wildman–Crippen LogP) is 6.46. The van der Waals surface area contributed by atoms with Gasteiger partial charge in [-0.25, -0.2) is 0 Å². The van der Waals surface area contributed by atoms with E-state index in [0.29, 0.717) is 0 Å². The van der Waals surface area contributed by atoms with E-state index >= 15 is 0 Å². The zero-order valence-electron chi connectivity index (χ0n) is 16.0. The third-order valence-electron chi connectivity index (χ3n) is 4.71. The summed E-state index contributed by atoms with van der Waals surface area (Å²) in [6.45, 7) is 8.26. The molecule has 1 N–H and O–H groups in total. The first-order chi connectivity index (χ1) is 12.5. The van der Waals surface area contributed by atoms with Crippen molar-refractivity contribution >= 4 is 17.1 Å². The van der Waals surface area contributed by atoms with Crippen molar-refractivity contribution in [2.24, 2.45) is 5.92 Å². The van der Waals surface area contributed by atoms with Gasteiger partial charge in [-0.05, 0) is 61.7 Å². The van der Waals surface area contributed by atoms with Gasteiger partial charge in [-0.1, -0.05) is 61.4 Å². The molecule has 0 aliphatic rings. The molecule has 0 spiro atoms. The minimum absolute atomic E-state index is 0.200. The van der Waals surface area contributed by atoms with Gasteiger partial charge in [-0.2, -0.15) is 0 Å². The third-order valence-corrected chi connectivity index (χ3v) is 4.71. The summed E-state index contributed by atoms with van der Waals surface area (Å²) in [6.07, 6.45) is -0.434. The Hall–Kier alpha value is -2.58. The molecule has 1 atom stereocenters. The van der Waals surface area contributed by atoms with E-state index in [1.165, 1.54) is 11.1 Å². The molecule has 0 aliphatic carbocycles. The van der Waals surface area contributed by atoms with Crippen molar-refractivity contribution in [1.29, 1.82) is 0 Å². The predicted molar refractivity (Wildman–Crippen MR) is 110 cm³/mol. The Morgan fingerprint density at radius 1 is 0.615 bits per heavy atom. The number of aliphatic hydroxyl groups excluding tert-OH is 1. The summed E-state index contributed by atoms with van der Waals surface area (Å²) < 4.78 is 0. The van der Waals surface area contributed by atoms with Crippen LogP contribution >= 0.6 is 0 Å². The zero-order valence-corrected chi connectivity index (χ0v) is 16.0. The average molecular weight is 345 g/mol. The highest BCUT2D eigenvalue weighted by Crippen LogP contribution is 2.35. The Morgan fingerprint density at radius 3 is 1.31 bits per heavy atom. The van der Waals surface area contributed by atoms with Crippen LogP contribution in [0.25, 0.3) is 0 Å². The number of hydrogen-bond acceptors (Lipinski definition) is 2. The fourth-order valence-corrected chi connectivity index (χ4v) is 3.04. The van der Waals surface area contributed by atoms with Gasteiger partial charge in [0.2, 0.25) is 0 Å². The van der Waals surface area contributed by atoms with Crippen molar-refractivity contribution in [1.82, 2.24) is 0 Å². The maximum atomic E-state index is 10.3. The molecule has 0 amide bonds. The van der Waals surface area contributed by atoms with Gasteiger partial charge in [0, 0.05) is 17.1 Å². The molecule has 3 rings (SSSR count). The number of aryl methyl sites for hydroxylation is 2. The van der Waals surface area contributed by atoms with E-state index in [1.54, 1.807) is 0 Å². The Kier molecular flexibility index (Phi) is 5.43. The van der Waals surface area contributed by atoms with Gasteiger partial charge in [0.1, 0.15) is 0 Å². The molecule has 3 aromatic carbocycles. The van der Waals surface area contributed by atoms with E-state index in [-0.39, 0.29) is 5.92 Å². The van der Waals surface area contributed by atoms with Crippen molar-refractivity contribution in [2.75, 3.05) is 4.90 Å². The normalized spacial score (nSPS) is 12.2. The molecular formula is C24H27NO. The van der Waals surface area contributed by atoms with Crippen LogP contribution in [0.15, 0.2) is 72.8 Å². The van der Waals surface area contributed by atoms with Gasteiger partial charge >= 0.3 is 0 Å². The van der Waals surface area contributed by atoms with E-state index in [9.17, 15) is 5.11 Å². The lowest BCUT2D eigenvalue weighted by molar-refractivity contribution is 0.127. The highest BCUT2D eigenvalue weighted by Gasteiger charge is 2.15. The number of benzene rings is 3.